The summed E-state index contributed by atoms with van der Waals surface area (Å²) in [6.45, 7) is 1.48. The average Bonchev–Trinajstić information content (AvgIpc) is 3.10. The monoisotopic (exact) mass is 299 g/mol. The lowest BCUT2D eigenvalue weighted by atomic mass is 9.93. The average molecular weight is 299 g/mol. The molecule has 0 saturated carbocycles. The molecule has 1 unspecified atom stereocenters. The minimum absolute atomic E-state index is 0.0272. The molecule has 0 bridgehead atoms. The van der Waals surface area contributed by atoms with E-state index in [2.05, 4.69) is 9.97 Å². The third kappa shape index (κ3) is 3.36. The van der Waals surface area contributed by atoms with Gasteiger partial charge in [-0.05, 0) is 18.4 Å². The van der Waals surface area contributed by atoms with Crippen LogP contribution in [0.4, 0.5) is 0 Å². The number of imidazole rings is 1. The number of hydrogen-bond donors (Lipinski definition) is 2. The van der Waals surface area contributed by atoms with Crippen LogP contribution in [0.5, 0.6) is 0 Å². The number of aliphatic hydroxyl groups is 1. The van der Waals surface area contributed by atoms with Crippen molar-refractivity contribution < 1.29 is 9.90 Å². The van der Waals surface area contributed by atoms with Gasteiger partial charge < -0.3 is 15.0 Å². The molecule has 0 aliphatic carbocycles. The molecule has 1 fully saturated rings. The van der Waals surface area contributed by atoms with Gasteiger partial charge in [0, 0.05) is 30.9 Å². The maximum atomic E-state index is 12.3. The normalized spacial score (nSPS) is 17.4. The van der Waals surface area contributed by atoms with Crippen molar-refractivity contribution in [2.45, 2.75) is 31.3 Å². The summed E-state index contributed by atoms with van der Waals surface area (Å²) in [5, 5.41) is 10.2. The lowest BCUT2D eigenvalue weighted by Crippen LogP contribution is -2.38. The highest BCUT2D eigenvalue weighted by Crippen LogP contribution is 2.27. The molecule has 2 heterocycles. The Morgan fingerprint density at radius 1 is 1.32 bits per heavy atom. The van der Waals surface area contributed by atoms with Gasteiger partial charge in [0.25, 0.3) is 0 Å². The van der Waals surface area contributed by atoms with Gasteiger partial charge >= 0.3 is 0 Å². The van der Waals surface area contributed by atoms with E-state index in [1.54, 1.807) is 6.33 Å². The highest BCUT2D eigenvalue weighted by atomic mass is 16.3. The summed E-state index contributed by atoms with van der Waals surface area (Å²) >= 11 is 0. The van der Waals surface area contributed by atoms with E-state index in [0.29, 0.717) is 5.92 Å². The molecule has 5 heteroatoms. The Hall–Kier alpha value is -2.14. The molecule has 1 aliphatic rings. The third-order valence-corrected chi connectivity index (χ3v) is 4.36. The molecule has 2 N–H and O–H groups in total. The Morgan fingerprint density at radius 3 is 2.68 bits per heavy atom. The molecule has 116 valence electrons. The number of likely N-dealkylation sites (tertiary alicyclic amines) is 1. The van der Waals surface area contributed by atoms with Crippen molar-refractivity contribution >= 4 is 5.91 Å². The molecule has 22 heavy (non-hydrogen) atoms. The number of piperidine rings is 1. The molecule has 0 spiro atoms. The van der Waals surface area contributed by atoms with Crippen molar-refractivity contribution in [3.8, 4) is 0 Å². The van der Waals surface area contributed by atoms with E-state index in [0.717, 1.165) is 37.2 Å². The maximum absolute atomic E-state index is 12.3. The number of carbonyl (C=O) groups is 1. The highest BCUT2D eigenvalue weighted by Gasteiger charge is 2.25. The Labute approximate surface area is 130 Å². The number of rotatable bonds is 4. The fourth-order valence-electron chi connectivity index (χ4n) is 3.02. The number of nitrogens with one attached hydrogen (secondary N) is 1. The number of aromatic amines is 1. The first-order valence-electron chi connectivity index (χ1n) is 7.73. The lowest BCUT2D eigenvalue weighted by molar-refractivity contribution is -0.134. The number of carbonyl (C=O) groups excluding carboxylic acids is 1. The van der Waals surface area contributed by atoms with Gasteiger partial charge in [0.05, 0.1) is 18.9 Å². The Balaban J connectivity index is 1.52. The fourth-order valence-corrected chi connectivity index (χ4v) is 3.02. The summed E-state index contributed by atoms with van der Waals surface area (Å²) in [6, 6.07) is 9.35. The molecule has 1 saturated heterocycles. The van der Waals surface area contributed by atoms with E-state index < -0.39 is 6.10 Å². The first-order valence-corrected chi connectivity index (χ1v) is 7.73. The van der Waals surface area contributed by atoms with Crippen molar-refractivity contribution in [1.82, 2.24) is 14.9 Å². The van der Waals surface area contributed by atoms with E-state index in [9.17, 15) is 9.90 Å². The van der Waals surface area contributed by atoms with Gasteiger partial charge in [-0.2, -0.15) is 0 Å². The van der Waals surface area contributed by atoms with E-state index in [1.807, 2.05) is 41.4 Å². The molecule has 1 aliphatic heterocycles. The topological polar surface area (TPSA) is 69.2 Å². The molecule has 1 aromatic carbocycles. The standard InChI is InChI=1S/C17H21N3O2/c21-16(14-4-2-1-3-5-14)10-17(22)20-8-6-13(7-9-20)15-11-18-12-19-15/h1-5,11-13,16,21H,6-10H2,(H,18,19). The summed E-state index contributed by atoms with van der Waals surface area (Å²) in [5.41, 5.74) is 1.94. The minimum Gasteiger partial charge on any atom is -0.388 e. The van der Waals surface area contributed by atoms with Crippen LogP contribution in [0, 0.1) is 0 Å². The number of hydrogen-bond acceptors (Lipinski definition) is 3. The summed E-state index contributed by atoms with van der Waals surface area (Å²) in [5.74, 6) is 0.477. The van der Waals surface area contributed by atoms with E-state index in [1.165, 1.54) is 0 Å². The summed E-state index contributed by atoms with van der Waals surface area (Å²) in [4.78, 5) is 21.4. The molecule has 1 atom stereocenters. The summed E-state index contributed by atoms with van der Waals surface area (Å²) < 4.78 is 0. The zero-order valence-electron chi connectivity index (χ0n) is 12.5. The van der Waals surface area contributed by atoms with Crippen molar-refractivity contribution in [1.29, 1.82) is 0 Å². The number of H-pyrrole nitrogens is 1. The first-order chi connectivity index (χ1) is 10.7. The van der Waals surface area contributed by atoms with Crippen LogP contribution in [0.25, 0.3) is 0 Å². The van der Waals surface area contributed by atoms with Crippen molar-refractivity contribution in [3.63, 3.8) is 0 Å². The van der Waals surface area contributed by atoms with Gasteiger partial charge in [0.15, 0.2) is 0 Å². The summed E-state index contributed by atoms with van der Waals surface area (Å²) in [7, 11) is 0. The SMILES string of the molecule is O=C(CC(O)c1ccccc1)N1CCC(c2cnc[nH]2)CC1. The largest absolute Gasteiger partial charge is 0.388 e. The molecule has 1 aromatic heterocycles. The predicted octanol–water partition coefficient (Wildman–Crippen LogP) is 2.24. The van der Waals surface area contributed by atoms with E-state index in [4.69, 9.17) is 0 Å². The second-order valence-corrected chi connectivity index (χ2v) is 5.79. The number of nitrogens with zero attached hydrogens (tertiary/aromatic N) is 2. The van der Waals surface area contributed by atoms with Crippen LogP contribution in [0.1, 0.15) is 42.5 Å². The maximum Gasteiger partial charge on any atom is 0.225 e. The van der Waals surface area contributed by atoms with E-state index in [-0.39, 0.29) is 12.3 Å². The van der Waals surface area contributed by atoms with Crippen molar-refractivity contribution in [3.05, 3.63) is 54.1 Å². The molecule has 2 aromatic rings. The van der Waals surface area contributed by atoms with Gasteiger partial charge in [-0.15, -0.1) is 0 Å². The number of amides is 1. The fraction of sp³-hybridized carbons (Fsp3) is 0.412. The lowest BCUT2D eigenvalue weighted by Gasteiger charge is -2.32. The zero-order chi connectivity index (χ0) is 15.4. The van der Waals surface area contributed by atoms with Crippen LogP contribution >= 0.6 is 0 Å². The van der Waals surface area contributed by atoms with Gasteiger partial charge in [0.1, 0.15) is 0 Å². The molecule has 5 nitrogen and oxygen atoms in total. The zero-order valence-corrected chi connectivity index (χ0v) is 12.5. The molecular weight excluding hydrogens is 278 g/mol. The van der Waals surface area contributed by atoms with Gasteiger partial charge in [-0.3, -0.25) is 4.79 Å². The second-order valence-electron chi connectivity index (χ2n) is 5.79. The third-order valence-electron chi connectivity index (χ3n) is 4.36. The Bertz CT molecular complexity index is 590. The van der Waals surface area contributed by atoms with Crippen LogP contribution < -0.4 is 0 Å². The quantitative estimate of drug-likeness (QED) is 0.909. The van der Waals surface area contributed by atoms with Crippen LogP contribution in [0.15, 0.2) is 42.9 Å². The number of aliphatic hydroxyl groups excluding tert-OH is 1. The van der Waals surface area contributed by atoms with Gasteiger partial charge in [-0.1, -0.05) is 30.3 Å². The second kappa shape index (κ2) is 6.75. The van der Waals surface area contributed by atoms with Crippen LogP contribution in [0.2, 0.25) is 0 Å². The predicted molar refractivity (Wildman–Crippen MR) is 83.2 cm³/mol. The Morgan fingerprint density at radius 2 is 2.05 bits per heavy atom. The van der Waals surface area contributed by atoms with Gasteiger partial charge in [-0.25, -0.2) is 4.98 Å². The molecule has 0 radical (unpaired) electrons. The smallest absolute Gasteiger partial charge is 0.225 e. The molecular formula is C17H21N3O2. The van der Waals surface area contributed by atoms with Crippen LogP contribution in [-0.4, -0.2) is 39.0 Å². The molecule has 1 amide bonds. The summed E-state index contributed by atoms with van der Waals surface area (Å²) in [6.07, 6.45) is 4.87. The minimum atomic E-state index is -0.723. The number of benzene rings is 1. The first kappa shape index (κ1) is 14.8. The van der Waals surface area contributed by atoms with Crippen molar-refractivity contribution in [2.75, 3.05) is 13.1 Å². The molecule has 3 rings (SSSR count). The van der Waals surface area contributed by atoms with E-state index >= 15 is 0 Å². The Kier molecular flexibility index (Phi) is 4.53. The van der Waals surface area contributed by atoms with Crippen LogP contribution in [0.3, 0.4) is 0 Å². The number of aromatic nitrogens is 2. The van der Waals surface area contributed by atoms with Gasteiger partial charge in [0.2, 0.25) is 5.91 Å². The van der Waals surface area contributed by atoms with Crippen molar-refractivity contribution in [2.24, 2.45) is 0 Å². The van der Waals surface area contributed by atoms with Crippen LogP contribution in [-0.2, 0) is 4.79 Å². The highest BCUT2D eigenvalue weighted by molar-refractivity contribution is 5.77.